The topological polar surface area (TPSA) is 55.7 Å². The van der Waals surface area contributed by atoms with E-state index in [0.29, 0.717) is 6.54 Å². The Morgan fingerprint density at radius 3 is 2.50 bits per heavy atom. The second-order valence-corrected chi connectivity index (χ2v) is 7.69. The maximum absolute atomic E-state index is 12.5. The minimum atomic E-state index is -3.60. The van der Waals surface area contributed by atoms with Crippen LogP contribution >= 0.6 is 0 Å². The van der Waals surface area contributed by atoms with Crippen LogP contribution in [0.25, 0.3) is 0 Å². The lowest BCUT2D eigenvalue weighted by atomic mass is 10.1. The molecule has 0 saturated heterocycles. The molecule has 122 valence electrons. The quantitative estimate of drug-likeness (QED) is 0.715. The average molecular weight is 323 g/mol. The highest BCUT2D eigenvalue weighted by Gasteiger charge is 2.31. The van der Waals surface area contributed by atoms with E-state index in [9.17, 15) is 8.42 Å². The lowest BCUT2D eigenvalue weighted by Gasteiger charge is -2.11. The van der Waals surface area contributed by atoms with Gasteiger partial charge in [0.15, 0.2) is 0 Å². The van der Waals surface area contributed by atoms with Crippen LogP contribution in [0, 0.1) is 6.92 Å². The van der Waals surface area contributed by atoms with Crippen LogP contribution in [0.3, 0.4) is 0 Å². The molecule has 0 spiro atoms. The maximum Gasteiger partial charge on any atom is 0.310 e. The van der Waals surface area contributed by atoms with Crippen LogP contribution in [-0.4, -0.2) is 26.3 Å². The Morgan fingerprint density at radius 2 is 1.82 bits per heavy atom. The molecule has 2 rings (SSSR count). The first-order chi connectivity index (χ1) is 10.5. The molecule has 1 unspecified atom stereocenters. The third-order valence-corrected chi connectivity index (χ3v) is 5.46. The smallest absolute Gasteiger partial charge is 0.310 e. The second-order valence-electron chi connectivity index (χ2n) is 5.87. The number of ether oxygens (including phenoxy) is 1. The minimum Gasteiger partial charge on any atom is -0.464 e. The van der Waals surface area contributed by atoms with Crippen LogP contribution < -0.4 is 0 Å². The van der Waals surface area contributed by atoms with Gasteiger partial charge in [0, 0.05) is 0 Å². The van der Waals surface area contributed by atoms with Crippen molar-refractivity contribution in [1.29, 1.82) is 0 Å². The van der Waals surface area contributed by atoms with Gasteiger partial charge in [0.25, 0.3) is 9.84 Å². The Morgan fingerprint density at radius 1 is 1.14 bits per heavy atom. The summed E-state index contributed by atoms with van der Waals surface area (Å²) >= 11 is 0. The van der Waals surface area contributed by atoms with Crippen LogP contribution in [0.5, 0.6) is 0 Å². The second kappa shape index (κ2) is 7.77. The number of hydrogen-bond acceptors (Lipinski definition) is 4. The number of sulfone groups is 1. The van der Waals surface area contributed by atoms with Gasteiger partial charge in [-0.2, -0.15) is 0 Å². The van der Waals surface area contributed by atoms with E-state index < -0.39 is 9.84 Å². The minimum absolute atomic E-state index is 0.0863. The van der Waals surface area contributed by atoms with E-state index in [2.05, 4.69) is 11.9 Å². The molecule has 0 fully saturated rings. The molecule has 0 bridgehead atoms. The van der Waals surface area contributed by atoms with Crippen molar-refractivity contribution in [3.05, 3.63) is 29.8 Å². The van der Waals surface area contributed by atoms with Crippen molar-refractivity contribution < 1.29 is 13.2 Å². The van der Waals surface area contributed by atoms with Crippen LogP contribution in [0.2, 0.25) is 0 Å². The molecule has 1 aromatic rings. The summed E-state index contributed by atoms with van der Waals surface area (Å²) in [5.41, 5.74) is 1.03. The van der Waals surface area contributed by atoms with Gasteiger partial charge in [-0.15, -0.1) is 0 Å². The fourth-order valence-electron chi connectivity index (χ4n) is 2.49. The summed E-state index contributed by atoms with van der Waals surface area (Å²) in [6, 6.07) is 6.78. The Hall–Kier alpha value is -1.36. The predicted octanol–water partition coefficient (Wildman–Crippen LogP) is 3.88. The van der Waals surface area contributed by atoms with Crippen molar-refractivity contribution in [3.8, 4) is 0 Å². The standard InChI is InChI=1S/C17H25NO3S/c1-3-4-5-6-7-8-15-13-18-17(21-15)22(19,20)16-11-9-14(2)10-12-16/h9-12,15H,3-8,13H2,1-2H3. The monoisotopic (exact) mass is 323 g/mol. The van der Waals surface area contributed by atoms with Crippen LogP contribution in [0.1, 0.15) is 51.0 Å². The molecule has 5 heteroatoms. The number of unbranched alkanes of at least 4 members (excludes halogenated alkanes) is 4. The first-order valence-corrected chi connectivity index (χ1v) is 9.55. The van der Waals surface area contributed by atoms with Crippen molar-refractivity contribution in [2.24, 2.45) is 4.99 Å². The third-order valence-electron chi connectivity index (χ3n) is 3.88. The zero-order chi connectivity index (χ0) is 16.0. The number of aliphatic imine (C=N–C) groups is 1. The van der Waals surface area contributed by atoms with E-state index in [1.165, 1.54) is 25.7 Å². The molecule has 1 atom stereocenters. The van der Waals surface area contributed by atoms with E-state index in [-0.39, 0.29) is 16.2 Å². The number of hydrogen-bond donors (Lipinski definition) is 0. The molecule has 0 aromatic heterocycles. The average Bonchev–Trinajstić information content (AvgIpc) is 2.97. The highest BCUT2D eigenvalue weighted by molar-refractivity contribution is 8.06. The molecular weight excluding hydrogens is 298 g/mol. The van der Waals surface area contributed by atoms with Gasteiger partial charge in [-0.1, -0.05) is 50.3 Å². The zero-order valence-corrected chi connectivity index (χ0v) is 14.2. The number of aryl methyl sites for hydroxylation is 1. The predicted molar refractivity (Wildman–Crippen MR) is 88.9 cm³/mol. The van der Waals surface area contributed by atoms with Gasteiger partial charge in [-0.05, 0) is 31.9 Å². The van der Waals surface area contributed by atoms with Gasteiger partial charge in [0.05, 0.1) is 11.4 Å². The Kier molecular flexibility index (Phi) is 6.00. The number of nitrogens with zero attached hydrogens (tertiary/aromatic N) is 1. The van der Waals surface area contributed by atoms with Gasteiger partial charge in [-0.25, -0.2) is 13.4 Å². The molecule has 1 heterocycles. The lowest BCUT2D eigenvalue weighted by molar-refractivity contribution is 0.212. The zero-order valence-electron chi connectivity index (χ0n) is 13.4. The summed E-state index contributed by atoms with van der Waals surface area (Å²) in [4.78, 5) is 4.36. The van der Waals surface area contributed by atoms with E-state index in [1.807, 2.05) is 6.92 Å². The summed E-state index contributed by atoms with van der Waals surface area (Å²) < 4.78 is 30.5. The molecule has 1 aliphatic rings. The molecule has 1 aromatic carbocycles. The van der Waals surface area contributed by atoms with Crippen molar-refractivity contribution >= 4 is 15.1 Å². The van der Waals surface area contributed by atoms with E-state index >= 15 is 0 Å². The highest BCUT2D eigenvalue weighted by atomic mass is 32.2. The van der Waals surface area contributed by atoms with Crippen molar-refractivity contribution in [2.45, 2.75) is 63.4 Å². The Bertz CT molecular complexity index is 605. The van der Waals surface area contributed by atoms with E-state index in [4.69, 9.17) is 4.74 Å². The van der Waals surface area contributed by atoms with E-state index in [1.54, 1.807) is 24.3 Å². The molecule has 0 radical (unpaired) electrons. The Labute approximate surface area is 133 Å². The molecule has 1 aliphatic heterocycles. The molecule has 0 aliphatic carbocycles. The lowest BCUT2D eigenvalue weighted by Crippen LogP contribution is -2.19. The summed E-state index contributed by atoms with van der Waals surface area (Å²) in [7, 11) is -3.60. The first-order valence-electron chi connectivity index (χ1n) is 8.07. The van der Waals surface area contributed by atoms with Crippen molar-refractivity contribution in [3.63, 3.8) is 0 Å². The van der Waals surface area contributed by atoms with Gasteiger partial charge in [-0.3, -0.25) is 0 Å². The van der Waals surface area contributed by atoms with Gasteiger partial charge < -0.3 is 4.74 Å². The summed E-state index contributed by atoms with van der Waals surface area (Å²) in [6.07, 6.45) is 6.75. The van der Waals surface area contributed by atoms with Gasteiger partial charge in [0.2, 0.25) is 0 Å². The number of benzene rings is 1. The molecule has 22 heavy (non-hydrogen) atoms. The normalized spacial score (nSPS) is 18.1. The summed E-state index contributed by atoms with van der Waals surface area (Å²) in [6.45, 7) is 4.57. The third kappa shape index (κ3) is 4.32. The van der Waals surface area contributed by atoms with Gasteiger partial charge in [0.1, 0.15) is 6.10 Å². The summed E-state index contributed by atoms with van der Waals surface area (Å²) in [5, 5.41) is -0.116. The van der Waals surface area contributed by atoms with Crippen molar-refractivity contribution in [1.82, 2.24) is 0 Å². The Balaban J connectivity index is 1.88. The van der Waals surface area contributed by atoms with Crippen LogP contribution in [0.4, 0.5) is 0 Å². The van der Waals surface area contributed by atoms with Crippen molar-refractivity contribution in [2.75, 3.05) is 6.54 Å². The van der Waals surface area contributed by atoms with E-state index in [0.717, 1.165) is 18.4 Å². The largest absolute Gasteiger partial charge is 0.464 e. The molecule has 0 amide bonds. The summed E-state index contributed by atoms with van der Waals surface area (Å²) in [5.74, 6) is 0. The van der Waals surface area contributed by atoms with Crippen LogP contribution in [0.15, 0.2) is 34.2 Å². The highest BCUT2D eigenvalue weighted by Crippen LogP contribution is 2.21. The molecule has 0 N–H and O–H groups in total. The van der Waals surface area contributed by atoms with Crippen LogP contribution in [-0.2, 0) is 14.6 Å². The first kappa shape index (κ1) is 17.0. The fourth-order valence-corrected chi connectivity index (χ4v) is 3.69. The molecule has 4 nitrogen and oxygen atoms in total. The molecule has 0 saturated carbocycles. The van der Waals surface area contributed by atoms with Gasteiger partial charge >= 0.3 is 5.23 Å². The fraction of sp³-hybridized carbons (Fsp3) is 0.588. The SMILES string of the molecule is CCCCCCCC1CN=C(S(=O)(=O)c2ccc(C)cc2)O1. The maximum atomic E-state index is 12.5. The number of rotatable bonds is 7. The molecular formula is C17H25NO3S.